The maximum atomic E-state index is 13.4. The molecule has 4 bridgehead atoms. The maximum Gasteiger partial charge on any atom is 0.249 e. The number of nitrogens with one attached hydrogen (secondary N) is 3. The van der Waals surface area contributed by atoms with Gasteiger partial charge in [-0.25, -0.2) is 0 Å². The molecule has 11 heteroatoms. The Morgan fingerprint density at radius 2 is 1.97 bits per heavy atom. The molecule has 11 nitrogen and oxygen atoms in total. The number of aliphatic imine (C=N–C) groups is 1. The summed E-state index contributed by atoms with van der Waals surface area (Å²) in [5, 5.41) is 8.05. The second-order valence-electron chi connectivity index (χ2n) is 10.2. The summed E-state index contributed by atoms with van der Waals surface area (Å²) < 4.78 is 6.02. The van der Waals surface area contributed by atoms with Crippen LogP contribution in [0, 0.1) is 12.8 Å². The number of allylic oxidation sites excluding steroid dienone is 1. The van der Waals surface area contributed by atoms with Gasteiger partial charge in [0, 0.05) is 45.0 Å². The van der Waals surface area contributed by atoms with Gasteiger partial charge in [-0.2, -0.15) is 0 Å². The van der Waals surface area contributed by atoms with Gasteiger partial charge in [0.1, 0.15) is 17.8 Å². The molecule has 0 saturated carbocycles. The van der Waals surface area contributed by atoms with Crippen LogP contribution in [0.25, 0.3) is 0 Å². The lowest BCUT2D eigenvalue weighted by atomic mass is 9.94. The van der Waals surface area contributed by atoms with Crippen LogP contribution in [-0.4, -0.2) is 73.1 Å². The van der Waals surface area contributed by atoms with Crippen molar-refractivity contribution >= 4 is 29.3 Å². The highest BCUT2D eigenvalue weighted by molar-refractivity contribution is 5.98. The van der Waals surface area contributed by atoms with Crippen molar-refractivity contribution in [2.75, 3.05) is 26.7 Å². The van der Waals surface area contributed by atoms with E-state index in [-0.39, 0.29) is 30.5 Å². The third-order valence-electron chi connectivity index (χ3n) is 7.12. The number of carbonyl (C=O) groups excluding carboxylic acids is 4. The molecular formula is C28H40N6O5. The van der Waals surface area contributed by atoms with Crippen LogP contribution in [0.5, 0.6) is 5.75 Å². The van der Waals surface area contributed by atoms with Crippen molar-refractivity contribution in [1.82, 2.24) is 20.9 Å². The van der Waals surface area contributed by atoms with E-state index in [2.05, 4.69) is 20.9 Å². The number of amides is 4. The van der Waals surface area contributed by atoms with Crippen LogP contribution in [0.2, 0.25) is 0 Å². The van der Waals surface area contributed by atoms with E-state index in [4.69, 9.17) is 10.5 Å². The minimum Gasteiger partial charge on any atom is -0.494 e. The predicted molar refractivity (Wildman–Crippen MR) is 148 cm³/mol. The van der Waals surface area contributed by atoms with Gasteiger partial charge >= 0.3 is 0 Å². The van der Waals surface area contributed by atoms with E-state index in [1.165, 1.54) is 13.0 Å². The average molecular weight is 541 g/mol. The highest BCUT2D eigenvalue weighted by Gasteiger charge is 2.32. The first-order chi connectivity index (χ1) is 18.6. The summed E-state index contributed by atoms with van der Waals surface area (Å²) in [7, 11) is 1.59. The molecule has 2 aliphatic heterocycles. The van der Waals surface area contributed by atoms with Crippen LogP contribution in [0.15, 0.2) is 35.0 Å². The SMILES string of the molecule is CN=C(C)/C=C(\N)C1NC(=O)[C@@H](NC(C)=O)CC(=O)N2CCCC(CCOc3ccc(C)c(c3)CNC1=O)C2. The fraction of sp³-hybridized carbons (Fsp3) is 0.536. The molecule has 0 radical (unpaired) electrons. The van der Waals surface area contributed by atoms with E-state index >= 15 is 0 Å². The number of benzene rings is 1. The van der Waals surface area contributed by atoms with Gasteiger partial charge in [0.15, 0.2) is 0 Å². The Bertz CT molecular complexity index is 1150. The second-order valence-corrected chi connectivity index (χ2v) is 10.2. The van der Waals surface area contributed by atoms with Crippen molar-refractivity contribution in [2.24, 2.45) is 16.6 Å². The van der Waals surface area contributed by atoms with Crippen molar-refractivity contribution in [2.45, 2.75) is 65.1 Å². The molecule has 1 aromatic rings. The van der Waals surface area contributed by atoms with Gasteiger partial charge in [-0.05, 0) is 68.4 Å². The Kier molecular flexibility index (Phi) is 10.5. The first kappa shape index (κ1) is 29.7. The van der Waals surface area contributed by atoms with Gasteiger partial charge < -0.3 is 31.3 Å². The molecule has 2 unspecified atom stereocenters. The molecule has 0 aromatic heterocycles. The van der Waals surface area contributed by atoms with Crippen LogP contribution in [0.1, 0.15) is 50.7 Å². The molecule has 3 atom stereocenters. The summed E-state index contributed by atoms with van der Waals surface area (Å²) >= 11 is 0. The van der Waals surface area contributed by atoms with Crippen molar-refractivity contribution < 1.29 is 23.9 Å². The van der Waals surface area contributed by atoms with Gasteiger partial charge in [0.05, 0.1) is 13.0 Å². The lowest BCUT2D eigenvalue weighted by Crippen LogP contribution is -2.56. The highest BCUT2D eigenvalue weighted by Crippen LogP contribution is 2.23. The molecule has 2 heterocycles. The first-order valence-electron chi connectivity index (χ1n) is 13.3. The van der Waals surface area contributed by atoms with E-state index in [0.29, 0.717) is 31.2 Å². The van der Waals surface area contributed by atoms with Crippen molar-refractivity contribution in [3.63, 3.8) is 0 Å². The summed E-state index contributed by atoms with van der Waals surface area (Å²) in [5.41, 5.74) is 8.72. The number of fused-ring (bicyclic) bond motifs is 4. The quantitative estimate of drug-likeness (QED) is 0.419. The van der Waals surface area contributed by atoms with E-state index in [9.17, 15) is 19.2 Å². The zero-order valence-electron chi connectivity index (χ0n) is 23.2. The number of piperidine rings is 1. The largest absolute Gasteiger partial charge is 0.494 e. The molecular weight excluding hydrogens is 500 g/mol. The number of hydrogen-bond acceptors (Lipinski definition) is 7. The summed E-state index contributed by atoms with van der Waals surface area (Å²) in [5.74, 6) is -0.949. The van der Waals surface area contributed by atoms with Crippen LogP contribution < -0.4 is 26.4 Å². The molecule has 212 valence electrons. The number of aryl methyl sites for hydroxylation is 1. The van der Waals surface area contributed by atoms with E-state index in [0.717, 1.165) is 30.4 Å². The second kappa shape index (κ2) is 13.8. The number of hydrogen-bond donors (Lipinski definition) is 4. The van der Waals surface area contributed by atoms with E-state index in [1.807, 2.05) is 25.1 Å². The molecule has 1 saturated heterocycles. The minimum atomic E-state index is -1.25. The Morgan fingerprint density at radius 3 is 2.69 bits per heavy atom. The topological polar surface area (TPSA) is 155 Å². The summed E-state index contributed by atoms with van der Waals surface area (Å²) in [4.78, 5) is 57.6. The molecule has 1 fully saturated rings. The van der Waals surface area contributed by atoms with Crippen molar-refractivity contribution in [3.8, 4) is 5.75 Å². The number of nitrogens with zero attached hydrogens (tertiary/aromatic N) is 2. The highest BCUT2D eigenvalue weighted by atomic mass is 16.5. The zero-order chi connectivity index (χ0) is 28.5. The predicted octanol–water partition coefficient (Wildman–Crippen LogP) is 0.945. The number of carbonyl (C=O) groups is 4. The fourth-order valence-electron chi connectivity index (χ4n) is 4.77. The van der Waals surface area contributed by atoms with Crippen molar-refractivity contribution in [3.05, 3.63) is 41.1 Å². The molecule has 0 aliphatic carbocycles. The smallest absolute Gasteiger partial charge is 0.249 e. The van der Waals surface area contributed by atoms with Crippen LogP contribution in [-0.2, 0) is 25.7 Å². The van der Waals surface area contributed by atoms with Gasteiger partial charge in [-0.15, -0.1) is 0 Å². The van der Waals surface area contributed by atoms with Gasteiger partial charge in [-0.1, -0.05) is 6.07 Å². The molecule has 1 aromatic carbocycles. The van der Waals surface area contributed by atoms with Gasteiger partial charge in [0.25, 0.3) is 0 Å². The van der Waals surface area contributed by atoms with E-state index in [1.54, 1.807) is 18.9 Å². The third-order valence-corrected chi connectivity index (χ3v) is 7.12. The Morgan fingerprint density at radius 1 is 1.21 bits per heavy atom. The monoisotopic (exact) mass is 540 g/mol. The normalized spacial score (nSPS) is 24.1. The summed E-state index contributed by atoms with van der Waals surface area (Å²) in [6.45, 7) is 6.77. The Labute approximate surface area is 229 Å². The van der Waals surface area contributed by atoms with Crippen molar-refractivity contribution in [1.29, 1.82) is 0 Å². The van der Waals surface area contributed by atoms with Gasteiger partial charge in [0.2, 0.25) is 23.6 Å². The summed E-state index contributed by atoms with van der Waals surface area (Å²) in [6.07, 6.45) is 3.90. The molecule has 2 aliphatic rings. The van der Waals surface area contributed by atoms with Crippen LogP contribution in [0.3, 0.4) is 0 Å². The molecule has 39 heavy (non-hydrogen) atoms. The van der Waals surface area contributed by atoms with Gasteiger partial charge in [-0.3, -0.25) is 24.2 Å². The standard InChI is InChI=1S/C28H40N6O5/c1-17-7-8-22-13-21(17)15-31-28(38)26(23(29)12-18(2)30-4)33-27(37)24(32-19(3)35)14-25(36)34-10-5-6-20(16-34)9-11-39-22/h7-8,12-13,20,24,26H,5-6,9-11,14-16,29H2,1-4H3,(H,31,38)(H,32,35)(H,33,37)/b23-12-,30-18?/t20?,24-,26?/m0/s1. The first-order valence-corrected chi connectivity index (χ1v) is 13.3. The Hall–Kier alpha value is -3.89. The zero-order valence-corrected chi connectivity index (χ0v) is 23.2. The number of ether oxygens (including phenoxy) is 1. The molecule has 5 N–H and O–H groups in total. The third kappa shape index (κ3) is 8.56. The van der Waals surface area contributed by atoms with E-state index < -0.39 is 29.8 Å². The lowest BCUT2D eigenvalue weighted by Gasteiger charge is -2.34. The molecule has 4 amide bonds. The molecule has 3 rings (SSSR count). The maximum absolute atomic E-state index is 13.4. The lowest BCUT2D eigenvalue weighted by molar-refractivity contribution is -0.137. The van der Waals surface area contributed by atoms with Crippen LogP contribution in [0.4, 0.5) is 0 Å². The molecule has 0 spiro atoms. The average Bonchev–Trinajstić information content (AvgIpc) is 2.90. The Balaban J connectivity index is 1.96. The summed E-state index contributed by atoms with van der Waals surface area (Å²) in [6, 6.07) is 3.30. The number of nitrogens with two attached hydrogens (primary N) is 1. The van der Waals surface area contributed by atoms with Crippen LogP contribution >= 0.6 is 0 Å². The number of rotatable bonds is 3. The minimum absolute atomic E-state index is 0.0685. The fourth-order valence-corrected chi connectivity index (χ4v) is 4.77.